The number of nitrogens with one attached hydrogen (secondary N) is 2. The largest absolute Gasteiger partial charge is 0.395 e. The van der Waals surface area contributed by atoms with Gasteiger partial charge in [0.05, 0.1) is 24.5 Å². The maximum atomic E-state index is 11.6. The first-order valence-corrected chi connectivity index (χ1v) is 6.45. The molecule has 0 radical (unpaired) electrons. The van der Waals surface area contributed by atoms with Crippen molar-refractivity contribution in [1.29, 1.82) is 0 Å². The standard InChI is InChI=1S/C12H18N4O2/c17-7-9-3-11(5-13-9)16-6-10(4-14-16)15-12(18)8-1-2-8/h4,6,8-9,11,13,17H,1-3,5,7H2,(H,15,18)/t9-,11-/m0/s1. The molecule has 0 unspecified atom stereocenters. The molecule has 1 saturated heterocycles. The molecule has 3 rings (SSSR count). The van der Waals surface area contributed by atoms with Gasteiger partial charge in [-0.2, -0.15) is 5.10 Å². The van der Waals surface area contributed by atoms with Crippen molar-refractivity contribution in [3.63, 3.8) is 0 Å². The molecule has 98 valence electrons. The zero-order valence-corrected chi connectivity index (χ0v) is 10.2. The number of aromatic nitrogens is 2. The lowest BCUT2D eigenvalue weighted by Crippen LogP contribution is -2.24. The summed E-state index contributed by atoms with van der Waals surface area (Å²) in [6.45, 7) is 0.964. The van der Waals surface area contributed by atoms with Gasteiger partial charge >= 0.3 is 0 Å². The van der Waals surface area contributed by atoms with Crippen molar-refractivity contribution >= 4 is 11.6 Å². The minimum atomic E-state index is 0.104. The fourth-order valence-corrected chi connectivity index (χ4v) is 2.33. The number of aliphatic hydroxyl groups is 1. The first-order chi connectivity index (χ1) is 8.76. The second kappa shape index (κ2) is 4.70. The quantitative estimate of drug-likeness (QED) is 0.709. The topological polar surface area (TPSA) is 79.2 Å². The van der Waals surface area contributed by atoms with Crippen molar-refractivity contribution < 1.29 is 9.90 Å². The Morgan fingerprint density at radius 1 is 1.61 bits per heavy atom. The number of nitrogens with zero attached hydrogens (tertiary/aromatic N) is 2. The Kier molecular flexibility index (Phi) is 3.05. The molecule has 0 spiro atoms. The average Bonchev–Trinajstić information content (AvgIpc) is 2.95. The second-order valence-corrected chi connectivity index (χ2v) is 5.15. The first-order valence-electron chi connectivity index (χ1n) is 6.45. The summed E-state index contributed by atoms with van der Waals surface area (Å²) in [6, 6.07) is 0.414. The number of hydrogen-bond donors (Lipinski definition) is 3. The van der Waals surface area contributed by atoms with Gasteiger partial charge in [0, 0.05) is 24.7 Å². The molecule has 1 aromatic heterocycles. The van der Waals surface area contributed by atoms with Crippen LogP contribution in [-0.2, 0) is 4.79 Å². The number of aliphatic hydroxyl groups excluding tert-OH is 1. The zero-order chi connectivity index (χ0) is 12.5. The third-order valence-corrected chi connectivity index (χ3v) is 3.61. The van der Waals surface area contributed by atoms with Gasteiger partial charge in [-0.15, -0.1) is 0 Å². The van der Waals surface area contributed by atoms with Crippen molar-refractivity contribution in [2.75, 3.05) is 18.5 Å². The number of amides is 1. The van der Waals surface area contributed by atoms with Crippen molar-refractivity contribution in [2.45, 2.75) is 31.3 Å². The highest BCUT2D eigenvalue weighted by molar-refractivity contribution is 5.93. The molecule has 0 aromatic carbocycles. The van der Waals surface area contributed by atoms with E-state index in [2.05, 4.69) is 15.7 Å². The van der Waals surface area contributed by atoms with Crippen LogP contribution in [0.5, 0.6) is 0 Å². The molecule has 1 aromatic rings. The highest BCUT2D eigenvalue weighted by atomic mass is 16.3. The van der Waals surface area contributed by atoms with Crippen LogP contribution >= 0.6 is 0 Å². The third-order valence-electron chi connectivity index (χ3n) is 3.61. The fraction of sp³-hybridized carbons (Fsp3) is 0.667. The van der Waals surface area contributed by atoms with Crippen LogP contribution in [0.3, 0.4) is 0 Å². The van der Waals surface area contributed by atoms with Gasteiger partial charge < -0.3 is 15.7 Å². The van der Waals surface area contributed by atoms with Crippen molar-refractivity contribution in [1.82, 2.24) is 15.1 Å². The molecule has 1 aliphatic heterocycles. The Bertz CT molecular complexity index is 441. The average molecular weight is 250 g/mol. The Morgan fingerprint density at radius 2 is 2.44 bits per heavy atom. The molecule has 2 fully saturated rings. The SMILES string of the molecule is O=C(Nc1cnn([C@@H]2CN[C@H](CO)C2)c1)C1CC1. The first kappa shape index (κ1) is 11.7. The van der Waals surface area contributed by atoms with Crippen LogP contribution in [0.4, 0.5) is 5.69 Å². The molecule has 1 amide bonds. The summed E-state index contributed by atoms with van der Waals surface area (Å²) in [4.78, 5) is 11.6. The van der Waals surface area contributed by atoms with Crippen LogP contribution in [-0.4, -0.2) is 40.0 Å². The van der Waals surface area contributed by atoms with E-state index in [1.807, 2.05) is 10.9 Å². The monoisotopic (exact) mass is 250 g/mol. The lowest BCUT2D eigenvalue weighted by Gasteiger charge is -2.08. The van der Waals surface area contributed by atoms with E-state index >= 15 is 0 Å². The van der Waals surface area contributed by atoms with E-state index in [0.717, 1.165) is 31.5 Å². The number of rotatable bonds is 4. The Balaban J connectivity index is 1.60. The Morgan fingerprint density at radius 3 is 3.11 bits per heavy atom. The van der Waals surface area contributed by atoms with E-state index in [0.29, 0.717) is 0 Å². The van der Waals surface area contributed by atoms with Crippen LogP contribution in [0, 0.1) is 5.92 Å². The summed E-state index contributed by atoms with van der Waals surface area (Å²) in [7, 11) is 0. The van der Waals surface area contributed by atoms with Gasteiger partial charge in [0.25, 0.3) is 0 Å². The Hall–Kier alpha value is -1.40. The van der Waals surface area contributed by atoms with Gasteiger partial charge in [0.2, 0.25) is 5.91 Å². The normalized spacial score (nSPS) is 27.4. The van der Waals surface area contributed by atoms with Crippen molar-refractivity contribution in [3.8, 4) is 0 Å². The van der Waals surface area contributed by atoms with Gasteiger partial charge in [-0.25, -0.2) is 0 Å². The molecule has 6 nitrogen and oxygen atoms in total. The molecule has 6 heteroatoms. The highest BCUT2D eigenvalue weighted by Gasteiger charge is 2.30. The Labute approximate surface area is 105 Å². The summed E-state index contributed by atoms with van der Waals surface area (Å²) in [5.41, 5.74) is 0.763. The molecule has 2 aliphatic rings. The van der Waals surface area contributed by atoms with Crippen LogP contribution < -0.4 is 10.6 Å². The summed E-state index contributed by atoms with van der Waals surface area (Å²) >= 11 is 0. The summed E-state index contributed by atoms with van der Waals surface area (Å²) in [5, 5.41) is 19.5. The number of carbonyl (C=O) groups excluding carboxylic acids is 1. The predicted octanol–water partition coefficient (Wildman–Crippen LogP) is 0.127. The second-order valence-electron chi connectivity index (χ2n) is 5.15. The van der Waals surface area contributed by atoms with Gasteiger partial charge in [-0.1, -0.05) is 0 Å². The van der Waals surface area contributed by atoms with Gasteiger partial charge in [0.15, 0.2) is 0 Å². The fourth-order valence-electron chi connectivity index (χ4n) is 2.33. The molecular formula is C12H18N4O2. The third kappa shape index (κ3) is 2.39. The minimum absolute atomic E-state index is 0.104. The van der Waals surface area contributed by atoms with Crippen LogP contribution in [0.25, 0.3) is 0 Å². The highest BCUT2D eigenvalue weighted by Crippen LogP contribution is 2.30. The lowest BCUT2D eigenvalue weighted by atomic mass is 10.2. The van der Waals surface area contributed by atoms with Crippen molar-refractivity contribution in [3.05, 3.63) is 12.4 Å². The maximum Gasteiger partial charge on any atom is 0.227 e. The molecule has 1 saturated carbocycles. The molecule has 18 heavy (non-hydrogen) atoms. The molecular weight excluding hydrogens is 232 g/mol. The van der Waals surface area contributed by atoms with E-state index in [1.54, 1.807) is 6.20 Å². The molecule has 2 atom stereocenters. The summed E-state index contributed by atoms with van der Waals surface area (Å²) in [6.07, 6.45) is 6.43. The molecule has 3 N–H and O–H groups in total. The molecule has 1 aliphatic carbocycles. The van der Waals surface area contributed by atoms with Crippen LogP contribution in [0.1, 0.15) is 25.3 Å². The lowest BCUT2D eigenvalue weighted by molar-refractivity contribution is -0.117. The van der Waals surface area contributed by atoms with E-state index in [9.17, 15) is 4.79 Å². The number of carbonyl (C=O) groups is 1. The minimum Gasteiger partial charge on any atom is -0.395 e. The van der Waals surface area contributed by atoms with Crippen LogP contribution in [0.15, 0.2) is 12.4 Å². The number of hydrogen-bond acceptors (Lipinski definition) is 4. The molecule has 2 heterocycles. The summed E-state index contributed by atoms with van der Waals surface area (Å²) < 4.78 is 1.87. The smallest absolute Gasteiger partial charge is 0.227 e. The van der Waals surface area contributed by atoms with Gasteiger partial charge in [0.1, 0.15) is 0 Å². The van der Waals surface area contributed by atoms with E-state index in [-0.39, 0.29) is 30.5 Å². The number of anilines is 1. The van der Waals surface area contributed by atoms with Crippen LogP contribution in [0.2, 0.25) is 0 Å². The zero-order valence-electron chi connectivity index (χ0n) is 10.2. The summed E-state index contributed by atoms with van der Waals surface area (Å²) in [5.74, 6) is 0.313. The maximum absolute atomic E-state index is 11.6. The van der Waals surface area contributed by atoms with Gasteiger partial charge in [-0.05, 0) is 19.3 Å². The van der Waals surface area contributed by atoms with Gasteiger partial charge in [-0.3, -0.25) is 9.48 Å². The molecule has 0 bridgehead atoms. The van der Waals surface area contributed by atoms with E-state index in [1.165, 1.54) is 0 Å². The van der Waals surface area contributed by atoms with E-state index < -0.39 is 0 Å². The van der Waals surface area contributed by atoms with E-state index in [4.69, 9.17) is 5.11 Å². The predicted molar refractivity (Wildman–Crippen MR) is 66.1 cm³/mol. The van der Waals surface area contributed by atoms with Crippen molar-refractivity contribution in [2.24, 2.45) is 5.92 Å².